The topological polar surface area (TPSA) is 46.5 Å². The average molecular weight is 373 g/mol. The summed E-state index contributed by atoms with van der Waals surface area (Å²) in [6.07, 6.45) is 13.2. The first-order valence-corrected chi connectivity index (χ1v) is 11.4. The summed E-state index contributed by atoms with van der Waals surface area (Å²) in [6.45, 7) is 7.23. The number of hydrogen-bond acceptors (Lipinski definition) is 3. The molecule has 0 spiro atoms. The Hall–Kier alpha value is -0.830. The van der Waals surface area contributed by atoms with E-state index in [2.05, 4.69) is 26.8 Å². The van der Waals surface area contributed by atoms with E-state index >= 15 is 0 Å². The summed E-state index contributed by atoms with van der Waals surface area (Å²) in [7, 11) is 0. The largest absolute Gasteiger partial charge is 0.459 e. The molecule has 0 unspecified atom stereocenters. The fourth-order valence-corrected chi connectivity index (χ4v) is 8.60. The van der Waals surface area contributed by atoms with E-state index in [4.69, 9.17) is 4.74 Å². The Balaban J connectivity index is 1.44. The Morgan fingerprint density at radius 3 is 2.59 bits per heavy atom. The highest BCUT2D eigenvalue weighted by Crippen LogP contribution is 2.68. The molecule has 1 saturated heterocycles. The van der Waals surface area contributed by atoms with Gasteiger partial charge in [0.05, 0.1) is 6.10 Å². The molecule has 0 amide bonds. The van der Waals surface area contributed by atoms with Gasteiger partial charge in [0.25, 0.3) is 0 Å². The number of rotatable bonds is 1. The van der Waals surface area contributed by atoms with E-state index in [1.54, 1.807) is 5.57 Å². The number of fused-ring (bicyclic) bond motifs is 5. The van der Waals surface area contributed by atoms with Crippen LogP contribution < -0.4 is 0 Å². The van der Waals surface area contributed by atoms with Gasteiger partial charge < -0.3 is 9.84 Å². The molecule has 5 rings (SSSR count). The van der Waals surface area contributed by atoms with Crippen molar-refractivity contribution >= 4 is 5.97 Å². The maximum absolute atomic E-state index is 11.9. The Morgan fingerprint density at radius 1 is 1.04 bits per heavy atom. The van der Waals surface area contributed by atoms with Gasteiger partial charge in [-0.1, -0.05) is 25.5 Å². The van der Waals surface area contributed by atoms with Gasteiger partial charge in [-0.2, -0.15) is 0 Å². The lowest BCUT2D eigenvalue weighted by Gasteiger charge is -2.58. The summed E-state index contributed by atoms with van der Waals surface area (Å²) in [6, 6.07) is 0. The predicted octanol–water partition coefficient (Wildman–Crippen LogP) is 5.02. The van der Waals surface area contributed by atoms with Gasteiger partial charge in [0, 0.05) is 12.3 Å². The molecule has 1 heterocycles. The molecule has 0 aromatic rings. The van der Waals surface area contributed by atoms with E-state index in [0.717, 1.165) is 43.4 Å². The fourth-order valence-electron chi connectivity index (χ4n) is 8.60. The van der Waals surface area contributed by atoms with Gasteiger partial charge in [0.1, 0.15) is 5.60 Å². The highest BCUT2D eigenvalue weighted by molar-refractivity contribution is 5.72. The SMILES string of the molecule is C[C@@]12CC[C@H]3[C@H](CC=C4C[C@H](O)CC[C@@]43C)[C@@H]1CC[C@H]2[C@@]1(C)CCC(=O)O1. The van der Waals surface area contributed by atoms with E-state index in [9.17, 15) is 9.90 Å². The smallest absolute Gasteiger partial charge is 0.306 e. The van der Waals surface area contributed by atoms with Crippen LogP contribution in [0.25, 0.3) is 0 Å². The number of hydrogen-bond donors (Lipinski definition) is 1. The molecule has 0 aromatic carbocycles. The number of allylic oxidation sites excluding steroid dienone is 1. The van der Waals surface area contributed by atoms with Crippen molar-refractivity contribution in [2.24, 2.45) is 34.5 Å². The van der Waals surface area contributed by atoms with E-state index in [-0.39, 0.29) is 17.7 Å². The van der Waals surface area contributed by atoms with Crippen molar-refractivity contribution in [2.45, 2.75) is 96.7 Å². The normalized spacial score (nSPS) is 54.6. The minimum Gasteiger partial charge on any atom is -0.459 e. The first kappa shape index (κ1) is 18.2. The fraction of sp³-hybridized carbons (Fsp3) is 0.875. The highest BCUT2D eigenvalue weighted by Gasteiger charge is 2.62. The number of ether oxygens (including phenoxy) is 1. The molecule has 8 atom stereocenters. The highest BCUT2D eigenvalue weighted by atomic mass is 16.6. The summed E-state index contributed by atoms with van der Waals surface area (Å²) in [4.78, 5) is 11.9. The van der Waals surface area contributed by atoms with Gasteiger partial charge >= 0.3 is 5.97 Å². The van der Waals surface area contributed by atoms with E-state index in [1.165, 1.54) is 32.1 Å². The molecule has 5 aliphatic rings. The molecule has 0 bridgehead atoms. The lowest BCUT2D eigenvalue weighted by atomic mass is 9.46. The van der Waals surface area contributed by atoms with Crippen LogP contribution >= 0.6 is 0 Å². The summed E-state index contributed by atoms with van der Waals surface area (Å²) in [5.74, 6) is 2.85. The van der Waals surface area contributed by atoms with Gasteiger partial charge in [-0.15, -0.1) is 0 Å². The standard InChI is InChI=1S/C24H36O3/c1-22-11-8-16(25)14-15(22)4-5-17-18-6-7-20(23(18,2)12-9-19(17)22)24(3)13-10-21(26)27-24/h4,16-20,25H,5-14H2,1-3H3/t16-,17-,18+,19+,20-,22+,23-,24-/m1/s1. The van der Waals surface area contributed by atoms with Crippen LogP contribution in [-0.2, 0) is 9.53 Å². The molecule has 150 valence electrons. The second-order valence-corrected chi connectivity index (χ2v) is 11.1. The molecule has 1 N–H and O–H groups in total. The maximum Gasteiger partial charge on any atom is 0.306 e. The van der Waals surface area contributed by atoms with Crippen molar-refractivity contribution in [1.29, 1.82) is 0 Å². The van der Waals surface area contributed by atoms with Crippen LogP contribution in [-0.4, -0.2) is 22.8 Å². The second-order valence-electron chi connectivity index (χ2n) is 11.1. The molecule has 27 heavy (non-hydrogen) atoms. The minimum atomic E-state index is -0.234. The van der Waals surface area contributed by atoms with Gasteiger partial charge in [-0.3, -0.25) is 4.79 Å². The van der Waals surface area contributed by atoms with Crippen LogP contribution in [0.5, 0.6) is 0 Å². The Bertz CT molecular complexity index is 683. The van der Waals surface area contributed by atoms with Gasteiger partial charge in [0.2, 0.25) is 0 Å². The lowest BCUT2D eigenvalue weighted by molar-refractivity contribution is -0.158. The van der Waals surface area contributed by atoms with Crippen molar-refractivity contribution in [3.63, 3.8) is 0 Å². The zero-order valence-electron chi connectivity index (χ0n) is 17.3. The maximum atomic E-state index is 11.9. The van der Waals surface area contributed by atoms with Gasteiger partial charge in [0.15, 0.2) is 0 Å². The minimum absolute atomic E-state index is 0.0109. The third-order valence-electron chi connectivity index (χ3n) is 9.99. The van der Waals surface area contributed by atoms with Crippen LogP contribution in [0.2, 0.25) is 0 Å². The van der Waals surface area contributed by atoms with Crippen LogP contribution in [0, 0.1) is 34.5 Å². The number of esters is 1. The molecule has 3 saturated carbocycles. The van der Waals surface area contributed by atoms with Crippen molar-refractivity contribution in [3.8, 4) is 0 Å². The molecule has 3 heteroatoms. The Kier molecular flexibility index (Phi) is 3.94. The van der Waals surface area contributed by atoms with Gasteiger partial charge in [-0.05, 0) is 93.3 Å². The van der Waals surface area contributed by atoms with E-state index < -0.39 is 0 Å². The zero-order valence-corrected chi connectivity index (χ0v) is 17.3. The molecular weight excluding hydrogens is 336 g/mol. The van der Waals surface area contributed by atoms with Crippen molar-refractivity contribution in [1.82, 2.24) is 0 Å². The Morgan fingerprint density at radius 2 is 1.85 bits per heavy atom. The summed E-state index contributed by atoms with van der Waals surface area (Å²) >= 11 is 0. The lowest BCUT2D eigenvalue weighted by Crippen LogP contribution is -2.53. The van der Waals surface area contributed by atoms with Crippen molar-refractivity contribution in [3.05, 3.63) is 11.6 Å². The van der Waals surface area contributed by atoms with Crippen LogP contribution in [0.1, 0.15) is 85.0 Å². The monoisotopic (exact) mass is 372 g/mol. The number of aliphatic hydroxyl groups is 1. The third-order valence-corrected chi connectivity index (χ3v) is 9.99. The molecule has 3 nitrogen and oxygen atoms in total. The average Bonchev–Trinajstić information content (AvgIpc) is 3.15. The first-order valence-electron chi connectivity index (χ1n) is 11.4. The molecule has 1 aliphatic heterocycles. The molecule has 0 aromatic heterocycles. The molecule has 4 aliphatic carbocycles. The predicted molar refractivity (Wildman–Crippen MR) is 105 cm³/mol. The van der Waals surface area contributed by atoms with Crippen LogP contribution in [0.15, 0.2) is 11.6 Å². The molecular formula is C24H36O3. The number of carbonyl (C=O) groups excluding carboxylic acids is 1. The van der Waals surface area contributed by atoms with Crippen LogP contribution in [0.4, 0.5) is 0 Å². The number of aliphatic hydroxyl groups excluding tert-OH is 1. The quantitative estimate of drug-likeness (QED) is 0.519. The van der Waals surface area contributed by atoms with Gasteiger partial charge in [-0.25, -0.2) is 0 Å². The molecule has 0 radical (unpaired) electrons. The van der Waals surface area contributed by atoms with Crippen molar-refractivity contribution < 1.29 is 14.6 Å². The van der Waals surface area contributed by atoms with E-state index in [1.807, 2.05) is 0 Å². The zero-order chi connectivity index (χ0) is 19.0. The third kappa shape index (κ3) is 2.46. The van der Waals surface area contributed by atoms with Crippen LogP contribution in [0.3, 0.4) is 0 Å². The number of carbonyl (C=O) groups is 1. The summed E-state index contributed by atoms with van der Waals surface area (Å²) < 4.78 is 5.92. The summed E-state index contributed by atoms with van der Waals surface area (Å²) in [5.41, 5.74) is 1.95. The second kappa shape index (κ2) is 5.84. The number of cyclic esters (lactones) is 1. The first-order chi connectivity index (χ1) is 12.8. The summed E-state index contributed by atoms with van der Waals surface area (Å²) in [5, 5.41) is 10.2. The molecule has 4 fully saturated rings. The van der Waals surface area contributed by atoms with Crippen molar-refractivity contribution in [2.75, 3.05) is 0 Å². The van der Waals surface area contributed by atoms with E-state index in [0.29, 0.717) is 23.2 Å². The Labute approximate surface area is 163 Å².